The van der Waals surface area contributed by atoms with Gasteiger partial charge in [-0.1, -0.05) is 12.1 Å². The number of hydrogen-bond acceptors (Lipinski definition) is 4. The summed E-state index contributed by atoms with van der Waals surface area (Å²) in [6, 6.07) is 6.54. The molecule has 2 aromatic rings. The molecule has 0 radical (unpaired) electrons. The van der Waals surface area contributed by atoms with Crippen LogP contribution in [0.2, 0.25) is 0 Å². The third-order valence-electron chi connectivity index (χ3n) is 5.35. The summed E-state index contributed by atoms with van der Waals surface area (Å²) >= 11 is 1.67. The highest BCUT2D eigenvalue weighted by Crippen LogP contribution is 2.41. The fourth-order valence-corrected chi connectivity index (χ4v) is 4.69. The molecule has 1 amide bonds. The van der Waals surface area contributed by atoms with Gasteiger partial charge in [0.2, 0.25) is 5.91 Å². The van der Waals surface area contributed by atoms with Crippen molar-refractivity contribution in [3.63, 3.8) is 0 Å². The van der Waals surface area contributed by atoms with Crippen LogP contribution in [0.15, 0.2) is 29.6 Å². The quantitative estimate of drug-likeness (QED) is 0.841. The molecule has 2 aliphatic heterocycles. The molecule has 132 valence electrons. The predicted octanol–water partition coefficient (Wildman–Crippen LogP) is 3.22. The van der Waals surface area contributed by atoms with E-state index in [-0.39, 0.29) is 17.1 Å². The van der Waals surface area contributed by atoms with E-state index >= 15 is 0 Å². The molecule has 0 N–H and O–H groups in total. The van der Waals surface area contributed by atoms with Crippen LogP contribution in [0.3, 0.4) is 0 Å². The van der Waals surface area contributed by atoms with E-state index in [1.54, 1.807) is 17.4 Å². The Morgan fingerprint density at radius 2 is 2.12 bits per heavy atom. The number of benzene rings is 1. The monoisotopic (exact) mass is 359 g/mol. The molecule has 2 aliphatic rings. The maximum absolute atomic E-state index is 13.4. The number of hydrogen-bond donors (Lipinski definition) is 0. The second-order valence-electron chi connectivity index (χ2n) is 7.21. The highest BCUT2D eigenvalue weighted by Gasteiger charge is 2.50. The van der Waals surface area contributed by atoms with Gasteiger partial charge in [-0.25, -0.2) is 9.37 Å². The molecule has 1 spiro atoms. The Balaban J connectivity index is 1.41. The first-order chi connectivity index (χ1) is 12.0. The molecule has 3 heterocycles. The lowest BCUT2D eigenvalue weighted by atomic mass is 9.85. The zero-order valence-corrected chi connectivity index (χ0v) is 15.2. The molecule has 0 aliphatic carbocycles. The standard InChI is InChI=1S/C19H22FN3OS/c1-14-21-17(12-25-14)11-22-7-5-19(13-22)6-8-23(18(19)24)10-15-3-2-4-16(20)9-15/h2-4,9,12H,5-8,10-11,13H2,1H3/t19-/m1/s1. The average molecular weight is 359 g/mol. The van der Waals surface area contributed by atoms with E-state index in [0.717, 1.165) is 55.3 Å². The van der Waals surface area contributed by atoms with Gasteiger partial charge in [0.1, 0.15) is 5.82 Å². The first kappa shape index (κ1) is 16.7. The minimum absolute atomic E-state index is 0.230. The van der Waals surface area contributed by atoms with Gasteiger partial charge in [-0.05, 0) is 44.0 Å². The second-order valence-corrected chi connectivity index (χ2v) is 8.27. The molecule has 1 aromatic heterocycles. The van der Waals surface area contributed by atoms with Crippen LogP contribution in [0.4, 0.5) is 4.39 Å². The lowest BCUT2D eigenvalue weighted by Gasteiger charge is -2.23. The summed E-state index contributed by atoms with van der Waals surface area (Å²) in [4.78, 5) is 21.8. The third-order valence-corrected chi connectivity index (χ3v) is 6.17. The van der Waals surface area contributed by atoms with Crippen LogP contribution in [0.25, 0.3) is 0 Å². The number of aromatic nitrogens is 1. The van der Waals surface area contributed by atoms with Gasteiger partial charge in [0, 0.05) is 31.6 Å². The number of halogens is 1. The predicted molar refractivity (Wildman–Crippen MR) is 95.6 cm³/mol. The van der Waals surface area contributed by atoms with Crippen molar-refractivity contribution in [1.82, 2.24) is 14.8 Å². The highest BCUT2D eigenvalue weighted by atomic mass is 32.1. The van der Waals surface area contributed by atoms with E-state index in [1.165, 1.54) is 12.1 Å². The topological polar surface area (TPSA) is 36.4 Å². The number of likely N-dealkylation sites (tertiary alicyclic amines) is 2. The molecule has 0 saturated carbocycles. The van der Waals surface area contributed by atoms with Crippen LogP contribution in [0.1, 0.15) is 29.1 Å². The molecule has 4 nitrogen and oxygen atoms in total. The molecule has 2 saturated heterocycles. The maximum atomic E-state index is 13.4. The van der Waals surface area contributed by atoms with Crippen LogP contribution >= 0.6 is 11.3 Å². The van der Waals surface area contributed by atoms with Crippen molar-refractivity contribution in [2.24, 2.45) is 5.41 Å². The Kier molecular flexibility index (Phi) is 4.33. The number of rotatable bonds is 4. The number of thiazole rings is 1. The molecule has 6 heteroatoms. The zero-order chi connectivity index (χ0) is 17.4. The average Bonchev–Trinajstić information content (AvgIpc) is 3.25. The van der Waals surface area contributed by atoms with Crippen molar-refractivity contribution in [2.45, 2.75) is 32.9 Å². The maximum Gasteiger partial charge on any atom is 0.230 e. The van der Waals surface area contributed by atoms with E-state index in [1.807, 2.05) is 17.9 Å². The van der Waals surface area contributed by atoms with Crippen LogP contribution in [0, 0.1) is 18.2 Å². The molecule has 0 bridgehead atoms. The molecule has 1 aromatic carbocycles. The summed E-state index contributed by atoms with van der Waals surface area (Å²) in [6.45, 7) is 5.86. The molecule has 2 fully saturated rings. The van der Waals surface area contributed by atoms with Gasteiger partial charge < -0.3 is 4.90 Å². The normalized spacial score (nSPS) is 23.9. The SMILES string of the molecule is Cc1nc(CN2CC[C@@]3(CCN(Cc4cccc(F)c4)C3=O)C2)cs1. The van der Waals surface area contributed by atoms with Crippen molar-refractivity contribution >= 4 is 17.2 Å². The Morgan fingerprint density at radius 3 is 2.88 bits per heavy atom. The number of nitrogens with zero attached hydrogens (tertiary/aromatic N) is 3. The van der Waals surface area contributed by atoms with E-state index < -0.39 is 0 Å². The van der Waals surface area contributed by atoms with Gasteiger partial charge in [-0.3, -0.25) is 9.69 Å². The zero-order valence-electron chi connectivity index (χ0n) is 14.4. The number of amides is 1. The van der Waals surface area contributed by atoms with Crippen molar-refractivity contribution in [1.29, 1.82) is 0 Å². The lowest BCUT2D eigenvalue weighted by Crippen LogP contribution is -2.36. The highest BCUT2D eigenvalue weighted by molar-refractivity contribution is 7.09. The van der Waals surface area contributed by atoms with Gasteiger partial charge >= 0.3 is 0 Å². The molecular formula is C19H22FN3OS. The van der Waals surface area contributed by atoms with Crippen molar-refractivity contribution in [2.75, 3.05) is 19.6 Å². The summed E-state index contributed by atoms with van der Waals surface area (Å²) in [7, 11) is 0. The molecule has 4 rings (SSSR count). The van der Waals surface area contributed by atoms with Crippen molar-refractivity contribution < 1.29 is 9.18 Å². The van der Waals surface area contributed by atoms with E-state index in [2.05, 4.69) is 15.3 Å². The Hall–Kier alpha value is -1.79. The van der Waals surface area contributed by atoms with Gasteiger partial charge in [-0.15, -0.1) is 11.3 Å². The Labute approximate surface area is 151 Å². The van der Waals surface area contributed by atoms with Crippen molar-refractivity contribution in [3.05, 3.63) is 51.7 Å². The van der Waals surface area contributed by atoms with Gasteiger partial charge in [0.15, 0.2) is 0 Å². The van der Waals surface area contributed by atoms with E-state index in [9.17, 15) is 9.18 Å². The minimum Gasteiger partial charge on any atom is -0.338 e. The first-order valence-corrected chi connectivity index (χ1v) is 9.59. The summed E-state index contributed by atoms with van der Waals surface area (Å²) in [5.41, 5.74) is 1.71. The third kappa shape index (κ3) is 3.33. The van der Waals surface area contributed by atoms with Crippen LogP contribution in [-0.4, -0.2) is 40.3 Å². The first-order valence-electron chi connectivity index (χ1n) is 8.71. The largest absolute Gasteiger partial charge is 0.338 e. The van der Waals surface area contributed by atoms with Crippen LogP contribution in [-0.2, 0) is 17.9 Å². The second kappa shape index (κ2) is 6.50. The fourth-order valence-electron chi connectivity index (χ4n) is 4.08. The lowest BCUT2D eigenvalue weighted by molar-refractivity contribution is -0.136. The molecule has 25 heavy (non-hydrogen) atoms. The van der Waals surface area contributed by atoms with Crippen LogP contribution in [0.5, 0.6) is 0 Å². The molecular weight excluding hydrogens is 337 g/mol. The summed E-state index contributed by atoms with van der Waals surface area (Å²) in [5.74, 6) is -0.0156. The van der Waals surface area contributed by atoms with Gasteiger partial charge in [0.25, 0.3) is 0 Å². The smallest absolute Gasteiger partial charge is 0.230 e. The Morgan fingerprint density at radius 1 is 1.28 bits per heavy atom. The summed E-state index contributed by atoms with van der Waals surface area (Å²) in [6.07, 6.45) is 1.81. The number of carbonyl (C=O) groups is 1. The van der Waals surface area contributed by atoms with E-state index in [0.29, 0.717) is 6.54 Å². The van der Waals surface area contributed by atoms with Gasteiger partial charge in [-0.2, -0.15) is 0 Å². The minimum atomic E-state index is -0.252. The van der Waals surface area contributed by atoms with Crippen LogP contribution < -0.4 is 0 Å². The number of aryl methyl sites for hydroxylation is 1. The summed E-state index contributed by atoms with van der Waals surface area (Å²) in [5, 5.41) is 3.19. The van der Waals surface area contributed by atoms with E-state index in [4.69, 9.17) is 0 Å². The Bertz CT molecular complexity index is 792. The van der Waals surface area contributed by atoms with Gasteiger partial charge in [0.05, 0.1) is 16.1 Å². The molecule has 1 atom stereocenters. The fraction of sp³-hybridized carbons (Fsp3) is 0.474. The number of carbonyl (C=O) groups excluding carboxylic acids is 1. The van der Waals surface area contributed by atoms with Crippen molar-refractivity contribution in [3.8, 4) is 0 Å². The molecule has 0 unspecified atom stereocenters. The summed E-state index contributed by atoms with van der Waals surface area (Å²) < 4.78 is 13.4.